The van der Waals surface area contributed by atoms with Gasteiger partial charge in [-0.25, -0.2) is 0 Å². The molecule has 0 saturated heterocycles. The van der Waals surface area contributed by atoms with Crippen LogP contribution in [0.1, 0.15) is 27.7 Å². The van der Waals surface area contributed by atoms with Gasteiger partial charge in [-0.1, -0.05) is 32.4 Å². The maximum absolute atomic E-state index is 5.95. The smallest absolute Gasteiger partial charge is 0.119 e. The molecule has 0 fully saturated rings. The summed E-state index contributed by atoms with van der Waals surface area (Å²) in [6.07, 6.45) is -0.0197. The molecule has 0 aliphatic heterocycles. The molecule has 16 heavy (non-hydrogen) atoms. The Morgan fingerprint density at radius 2 is 1.69 bits per heavy atom. The average Bonchev–Trinajstić information content (AvgIpc) is 2.14. The fraction of sp³-hybridized carbons (Fsp3) is 0.538. The SMILES string of the molecule is CC(N)C(Oc1ccc(Cl)cc1)C(C)(C)C. The van der Waals surface area contributed by atoms with Crippen molar-refractivity contribution in [1.29, 1.82) is 0 Å². The highest BCUT2D eigenvalue weighted by Gasteiger charge is 2.29. The van der Waals surface area contributed by atoms with E-state index < -0.39 is 0 Å². The zero-order chi connectivity index (χ0) is 12.3. The van der Waals surface area contributed by atoms with Gasteiger partial charge in [0.25, 0.3) is 0 Å². The number of benzene rings is 1. The molecule has 0 spiro atoms. The van der Waals surface area contributed by atoms with E-state index >= 15 is 0 Å². The van der Waals surface area contributed by atoms with Gasteiger partial charge < -0.3 is 10.5 Å². The molecular formula is C13H20ClNO. The standard InChI is InChI=1S/C13H20ClNO/c1-9(15)12(13(2,3)4)16-11-7-5-10(14)6-8-11/h5-9,12H,15H2,1-4H3. The van der Waals surface area contributed by atoms with E-state index in [-0.39, 0.29) is 17.6 Å². The fourth-order valence-corrected chi connectivity index (χ4v) is 1.86. The van der Waals surface area contributed by atoms with Crippen LogP contribution in [0.5, 0.6) is 5.75 Å². The Morgan fingerprint density at radius 1 is 1.19 bits per heavy atom. The van der Waals surface area contributed by atoms with Gasteiger partial charge in [0.1, 0.15) is 11.9 Å². The van der Waals surface area contributed by atoms with E-state index in [0.29, 0.717) is 5.02 Å². The topological polar surface area (TPSA) is 35.2 Å². The van der Waals surface area contributed by atoms with Crippen molar-refractivity contribution in [3.05, 3.63) is 29.3 Å². The molecule has 0 amide bonds. The number of rotatable bonds is 3. The van der Waals surface area contributed by atoms with Crippen LogP contribution < -0.4 is 10.5 Å². The normalized spacial score (nSPS) is 15.6. The summed E-state index contributed by atoms with van der Waals surface area (Å²) in [5.41, 5.74) is 5.96. The molecule has 2 N–H and O–H groups in total. The number of halogens is 1. The molecule has 2 atom stereocenters. The molecule has 0 bridgehead atoms. The van der Waals surface area contributed by atoms with E-state index in [0.717, 1.165) is 5.75 Å². The highest BCUT2D eigenvalue weighted by atomic mass is 35.5. The number of ether oxygens (including phenoxy) is 1. The second kappa shape index (κ2) is 5.07. The first-order chi connectivity index (χ1) is 7.30. The summed E-state index contributed by atoms with van der Waals surface area (Å²) in [4.78, 5) is 0. The van der Waals surface area contributed by atoms with Crippen molar-refractivity contribution in [1.82, 2.24) is 0 Å². The second-order valence-electron chi connectivity index (χ2n) is 5.22. The van der Waals surface area contributed by atoms with Gasteiger partial charge in [-0.15, -0.1) is 0 Å². The van der Waals surface area contributed by atoms with Crippen LogP contribution in [0.25, 0.3) is 0 Å². The maximum Gasteiger partial charge on any atom is 0.119 e. The molecule has 1 rings (SSSR count). The molecule has 0 saturated carbocycles. The Hall–Kier alpha value is -0.730. The van der Waals surface area contributed by atoms with Crippen molar-refractivity contribution in [2.24, 2.45) is 11.1 Å². The molecule has 90 valence electrons. The van der Waals surface area contributed by atoms with Gasteiger partial charge in [0, 0.05) is 16.5 Å². The predicted octanol–water partition coefficient (Wildman–Crippen LogP) is 3.48. The third-order valence-electron chi connectivity index (χ3n) is 2.41. The monoisotopic (exact) mass is 241 g/mol. The van der Waals surface area contributed by atoms with E-state index in [1.165, 1.54) is 0 Å². The largest absolute Gasteiger partial charge is 0.488 e. The molecule has 0 aromatic heterocycles. The third-order valence-corrected chi connectivity index (χ3v) is 2.66. The van der Waals surface area contributed by atoms with E-state index in [2.05, 4.69) is 20.8 Å². The lowest BCUT2D eigenvalue weighted by Gasteiger charge is -2.34. The molecule has 3 heteroatoms. The Bertz CT molecular complexity index is 327. The van der Waals surface area contributed by atoms with E-state index in [1.54, 1.807) is 0 Å². The van der Waals surface area contributed by atoms with Gasteiger partial charge in [-0.05, 0) is 31.2 Å². The first-order valence-corrected chi connectivity index (χ1v) is 5.86. The summed E-state index contributed by atoms with van der Waals surface area (Å²) < 4.78 is 5.91. The summed E-state index contributed by atoms with van der Waals surface area (Å²) in [6, 6.07) is 7.35. The first kappa shape index (κ1) is 13.3. The van der Waals surface area contributed by atoms with Gasteiger partial charge in [0.05, 0.1) is 0 Å². The summed E-state index contributed by atoms with van der Waals surface area (Å²) in [6.45, 7) is 8.33. The molecular weight excluding hydrogens is 222 g/mol. The minimum atomic E-state index is -0.0197. The summed E-state index contributed by atoms with van der Waals surface area (Å²) in [5.74, 6) is 0.807. The Morgan fingerprint density at radius 3 is 2.06 bits per heavy atom. The van der Waals surface area contributed by atoms with Crippen LogP contribution >= 0.6 is 11.6 Å². The lowest BCUT2D eigenvalue weighted by molar-refractivity contribution is 0.0684. The van der Waals surface area contributed by atoms with Gasteiger partial charge >= 0.3 is 0 Å². The Kier molecular flexibility index (Phi) is 4.22. The van der Waals surface area contributed by atoms with Gasteiger partial charge in [-0.3, -0.25) is 0 Å². The van der Waals surface area contributed by atoms with Gasteiger partial charge in [-0.2, -0.15) is 0 Å². The van der Waals surface area contributed by atoms with Crippen LogP contribution in [0, 0.1) is 5.41 Å². The van der Waals surface area contributed by atoms with Crippen LogP contribution in [0.2, 0.25) is 5.02 Å². The van der Waals surface area contributed by atoms with E-state index in [9.17, 15) is 0 Å². The molecule has 0 heterocycles. The quantitative estimate of drug-likeness (QED) is 0.880. The number of hydrogen-bond acceptors (Lipinski definition) is 2. The summed E-state index contributed by atoms with van der Waals surface area (Å²) in [5, 5.41) is 0.709. The van der Waals surface area contributed by atoms with E-state index in [1.807, 2.05) is 31.2 Å². The average molecular weight is 242 g/mol. The van der Waals surface area contributed by atoms with Crippen molar-refractivity contribution in [3.63, 3.8) is 0 Å². The first-order valence-electron chi connectivity index (χ1n) is 5.48. The van der Waals surface area contributed by atoms with Crippen LogP contribution in [-0.2, 0) is 0 Å². The molecule has 0 aliphatic carbocycles. The van der Waals surface area contributed by atoms with Gasteiger partial charge in [0.15, 0.2) is 0 Å². The summed E-state index contributed by atoms with van der Waals surface area (Å²) in [7, 11) is 0. The molecule has 0 aliphatic rings. The molecule has 2 unspecified atom stereocenters. The van der Waals surface area contributed by atoms with E-state index in [4.69, 9.17) is 22.1 Å². The fourth-order valence-electron chi connectivity index (χ4n) is 1.73. The van der Waals surface area contributed by atoms with Crippen molar-refractivity contribution in [3.8, 4) is 5.75 Å². The number of nitrogens with two attached hydrogens (primary N) is 1. The Labute approximate surface area is 103 Å². The van der Waals surface area contributed by atoms with Crippen LogP contribution in [0.4, 0.5) is 0 Å². The Balaban J connectivity index is 2.80. The summed E-state index contributed by atoms with van der Waals surface area (Å²) >= 11 is 5.82. The molecule has 1 aromatic rings. The lowest BCUT2D eigenvalue weighted by atomic mass is 9.85. The minimum Gasteiger partial charge on any atom is -0.488 e. The highest BCUT2D eigenvalue weighted by molar-refractivity contribution is 6.30. The third kappa shape index (κ3) is 3.69. The van der Waals surface area contributed by atoms with Crippen molar-refractivity contribution in [2.75, 3.05) is 0 Å². The zero-order valence-corrected chi connectivity index (χ0v) is 11.1. The van der Waals surface area contributed by atoms with Crippen LogP contribution in [-0.4, -0.2) is 12.1 Å². The highest BCUT2D eigenvalue weighted by Crippen LogP contribution is 2.27. The maximum atomic E-state index is 5.95. The van der Waals surface area contributed by atoms with Crippen LogP contribution in [0.3, 0.4) is 0 Å². The van der Waals surface area contributed by atoms with Crippen LogP contribution in [0.15, 0.2) is 24.3 Å². The van der Waals surface area contributed by atoms with Crippen molar-refractivity contribution in [2.45, 2.75) is 39.8 Å². The zero-order valence-electron chi connectivity index (χ0n) is 10.3. The second-order valence-corrected chi connectivity index (χ2v) is 5.65. The molecule has 0 radical (unpaired) electrons. The molecule has 2 nitrogen and oxygen atoms in total. The van der Waals surface area contributed by atoms with Crippen molar-refractivity contribution >= 4 is 11.6 Å². The molecule has 1 aromatic carbocycles. The predicted molar refractivity (Wildman–Crippen MR) is 69.0 cm³/mol. The minimum absolute atomic E-state index is 0.00774. The van der Waals surface area contributed by atoms with Crippen molar-refractivity contribution < 1.29 is 4.74 Å². The lowest BCUT2D eigenvalue weighted by Crippen LogP contribution is -2.45. The van der Waals surface area contributed by atoms with Gasteiger partial charge in [0.2, 0.25) is 0 Å². The number of hydrogen-bond donors (Lipinski definition) is 1.